The van der Waals surface area contributed by atoms with Gasteiger partial charge in [0.05, 0.1) is 6.61 Å². The molecular weight excluding hydrogens is 957 g/mol. The third-order valence-corrected chi connectivity index (χ3v) is 17.4. The molecule has 0 spiro atoms. The number of aliphatic hydroxyl groups excluding tert-OH is 1. The molecule has 1 N–H and O–H groups in total. The van der Waals surface area contributed by atoms with Crippen LogP contribution in [0.1, 0.15) is 438 Å². The van der Waals surface area contributed by atoms with Crippen LogP contribution in [0.2, 0.25) is 0 Å². The quantitative estimate of drug-likeness (QED) is 0.0485. The van der Waals surface area contributed by atoms with Crippen LogP contribution < -0.4 is 0 Å². The largest absolute Gasteiger partial charge is 0.462 e. The predicted molar refractivity (Wildman–Crippen MR) is 344 cm³/mol. The van der Waals surface area contributed by atoms with E-state index < -0.39 is 6.10 Å². The Hall–Kier alpha value is -1.10. The highest BCUT2D eigenvalue weighted by Gasteiger charge is 2.16. The Morgan fingerprint density at radius 3 is 0.564 bits per heavy atom. The highest BCUT2D eigenvalue weighted by atomic mass is 16.6. The molecule has 5 heteroatoms. The zero-order valence-electron chi connectivity index (χ0n) is 53.7. The van der Waals surface area contributed by atoms with Crippen LogP contribution in [0.5, 0.6) is 0 Å². The highest BCUT2D eigenvalue weighted by Crippen LogP contribution is 2.20. The van der Waals surface area contributed by atoms with Gasteiger partial charge in [-0.05, 0) is 12.8 Å². The van der Waals surface area contributed by atoms with Gasteiger partial charge in [-0.1, -0.05) is 412 Å². The normalized spacial score (nSPS) is 12.0. The van der Waals surface area contributed by atoms with Gasteiger partial charge in [-0.2, -0.15) is 0 Å². The first-order chi connectivity index (χ1) is 38.6. The van der Waals surface area contributed by atoms with Crippen LogP contribution >= 0.6 is 0 Å². The lowest BCUT2D eigenvalue weighted by Crippen LogP contribution is -2.28. The summed E-state index contributed by atoms with van der Waals surface area (Å²) in [5.41, 5.74) is 0. The van der Waals surface area contributed by atoms with E-state index in [9.17, 15) is 14.7 Å². The molecule has 0 aliphatic heterocycles. The number of carbonyl (C=O) groups is 2. The van der Waals surface area contributed by atoms with Gasteiger partial charge in [-0.3, -0.25) is 9.59 Å². The number of hydrogen-bond donors (Lipinski definition) is 1. The number of ether oxygens (including phenoxy) is 2. The number of esters is 2. The molecule has 0 aromatic heterocycles. The third kappa shape index (κ3) is 67.4. The molecule has 0 aliphatic rings. The van der Waals surface area contributed by atoms with Gasteiger partial charge in [-0.15, -0.1) is 0 Å². The lowest BCUT2D eigenvalue weighted by atomic mass is 10.0. The molecule has 0 aromatic carbocycles. The molecule has 0 radical (unpaired) electrons. The van der Waals surface area contributed by atoms with Gasteiger partial charge >= 0.3 is 11.9 Å². The molecular formula is C73H144O5. The van der Waals surface area contributed by atoms with Crippen molar-refractivity contribution in [3.63, 3.8) is 0 Å². The Balaban J connectivity index is 3.34. The van der Waals surface area contributed by atoms with Crippen molar-refractivity contribution >= 4 is 11.9 Å². The molecule has 0 amide bonds. The van der Waals surface area contributed by atoms with E-state index in [1.165, 1.54) is 379 Å². The summed E-state index contributed by atoms with van der Waals surface area (Å²) in [5, 5.41) is 9.71. The topological polar surface area (TPSA) is 72.8 Å². The van der Waals surface area contributed by atoms with Gasteiger partial charge in [-0.25, -0.2) is 0 Å². The SMILES string of the molecule is CCCCCCCCCCCCCCCCCCCCCCCCCCCCCCCCCCCCCCC(=O)OC(CO)COC(=O)CCCCCCCCCCCCCCCCCCCCCCCCCCCCCC. The summed E-state index contributed by atoms with van der Waals surface area (Å²) in [4.78, 5) is 24.7. The molecule has 78 heavy (non-hydrogen) atoms. The minimum Gasteiger partial charge on any atom is -0.462 e. The van der Waals surface area contributed by atoms with Crippen molar-refractivity contribution in [2.45, 2.75) is 444 Å². The molecule has 0 rings (SSSR count). The summed E-state index contributed by atoms with van der Waals surface area (Å²) in [7, 11) is 0. The minimum absolute atomic E-state index is 0.0552. The smallest absolute Gasteiger partial charge is 0.306 e. The van der Waals surface area contributed by atoms with Crippen LogP contribution in [-0.4, -0.2) is 36.4 Å². The predicted octanol–water partition coefficient (Wildman–Crippen LogP) is 25.2. The van der Waals surface area contributed by atoms with E-state index in [-0.39, 0.29) is 25.2 Å². The van der Waals surface area contributed by atoms with Crippen LogP contribution in [0.3, 0.4) is 0 Å². The molecule has 1 atom stereocenters. The second-order valence-electron chi connectivity index (χ2n) is 25.4. The second-order valence-corrected chi connectivity index (χ2v) is 25.4. The fourth-order valence-electron chi connectivity index (χ4n) is 11.9. The monoisotopic (exact) mass is 1100 g/mol. The van der Waals surface area contributed by atoms with Gasteiger partial charge in [0.15, 0.2) is 6.10 Å². The van der Waals surface area contributed by atoms with Crippen molar-refractivity contribution in [2.24, 2.45) is 0 Å². The van der Waals surface area contributed by atoms with Crippen molar-refractivity contribution in [1.82, 2.24) is 0 Å². The average Bonchev–Trinajstić information content (AvgIpc) is 3.44. The van der Waals surface area contributed by atoms with Gasteiger partial charge in [0.1, 0.15) is 6.61 Å². The summed E-state index contributed by atoms with van der Waals surface area (Å²) in [6.07, 6.45) is 88.9. The maximum Gasteiger partial charge on any atom is 0.306 e. The minimum atomic E-state index is -0.766. The lowest BCUT2D eigenvalue weighted by Gasteiger charge is -2.15. The molecule has 0 heterocycles. The van der Waals surface area contributed by atoms with E-state index in [4.69, 9.17) is 9.47 Å². The molecule has 0 aliphatic carbocycles. The van der Waals surface area contributed by atoms with Crippen molar-refractivity contribution < 1.29 is 24.2 Å². The van der Waals surface area contributed by atoms with Crippen LogP contribution in [0, 0.1) is 0 Å². The van der Waals surface area contributed by atoms with E-state index >= 15 is 0 Å². The molecule has 0 fully saturated rings. The molecule has 5 nitrogen and oxygen atoms in total. The molecule has 0 saturated heterocycles. The molecule has 466 valence electrons. The van der Waals surface area contributed by atoms with Crippen LogP contribution in [0.15, 0.2) is 0 Å². The van der Waals surface area contributed by atoms with Gasteiger partial charge in [0.25, 0.3) is 0 Å². The maximum absolute atomic E-state index is 12.4. The maximum atomic E-state index is 12.4. The highest BCUT2D eigenvalue weighted by molar-refractivity contribution is 5.70. The summed E-state index contributed by atoms with van der Waals surface area (Å²) < 4.78 is 10.8. The molecule has 1 unspecified atom stereocenters. The van der Waals surface area contributed by atoms with Crippen molar-refractivity contribution in [2.75, 3.05) is 13.2 Å². The van der Waals surface area contributed by atoms with E-state index in [0.717, 1.165) is 32.1 Å². The average molecular weight is 1100 g/mol. The molecule has 0 saturated carbocycles. The van der Waals surface area contributed by atoms with Crippen molar-refractivity contribution in [3.05, 3.63) is 0 Å². The van der Waals surface area contributed by atoms with Crippen LogP contribution in [-0.2, 0) is 19.1 Å². The fraction of sp³-hybridized carbons (Fsp3) is 0.973. The van der Waals surface area contributed by atoms with E-state index in [0.29, 0.717) is 12.8 Å². The summed E-state index contributed by atoms with van der Waals surface area (Å²) in [5.74, 6) is -0.557. The molecule has 0 bridgehead atoms. The summed E-state index contributed by atoms with van der Waals surface area (Å²) in [6.45, 7) is 4.23. The Kier molecular flexibility index (Phi) is 69.2. The first-order valence-corrected chi connectivity index (χ1v) is 36.6. The second kappa shape index (κ2) is 70.2. The summed E-state index contributed by atoms with van der Waals surface area (Å²) in [6, 6.07) is 0. The van der Waals surface area contributed by atoms with Crippen LogP contribution in [0.4, 0.5) is 0 Å². The van der Waals surface area contributed by atoms with Crippen LogP contribution in [0.25, 0.3) is 0 Å². The number of unbranched alkanes of at least 4 members (excludes halogenated alkanes) is 62. The Labute approximate surface area is 490 Å². The zero-order chi connectivity index (χ0) is 56.2. The van der Waals surface area contributed by atoms with Crippen molar-refractivity contribution in [1.29, 1.82) is 0 Å². The standard InChI is InChI=1S/C73H144O5/c1-3-5-7-9-11-13-15-17-19-21-23-25-27-29-31-33-34-35-36-37-38-39-40-42-44-46-48-50-52-54-56-58-60-62-64-66-68-73(76)78-71(69-74)70-77-72(75)67-65-63-61-59-57-55-53-51-49-47-45-43-41-32-30-28-26-24-22-20-18-16-14-12-10-8-6-4-2/h71,74H,3-70H2,1-2H3. The summed E-state index contributed by atoms with van der Waals surface area (Å²) >= 11 is 0. The molecule has 0 aromatic rings. The number of rotatable bonds is 70. The van der Waals surface area contributed by atoms with Crippen molar-refractivity contribution in [3.8, 4) is 0 Å². The Morgan fingerprint density at radius 1 is 0.244 bits per heavy atom. The van der Waals surface area contributed by atoms with Gasteiger partial charge in [0.2, 0.25) is 0 Å². The van der Waals surface area contributed by atoms with Gasteiger partial charge in [0, 0.05) is 12.8 Å². The van der Waals surface area contributed by atoms with Gasteiger partial charge < -0.3 is 14.6 Å². The number of hydrogen-bond acceptors (Lipinski definition) is 5. The number of aliphatic hydroxyl groups is 1. The number of carbonyl (C=O) groups excluding carboxylic acids is 2. The lowest BCUT2D eigenvalue weighted by molar-refractivity contribution is -0.161. The fourth-order valence-corrected chi connectivity index (χ4v) is 11.9. The van der Waals surface area contributed by atoms with E-state index in [1.54, 1.807) is 0 Å². The van der Waals surface area contributed by atoms with E-state index in [1.807, 2.05) is 0 Å². The first-order valence-electron chi connectivity index (χ1n) is 36.6. The zero-order valence-corrected chi connectivity index (χ0v) is 53.7. The Bertz CT molecular complexity index is 1110. The Morgan fingerprint density at radius 2 is 0.397 bits per heavy atom. The third-order valence-electron chi connectivity index (χ3n) is 17.4. The van der Waals surface area contributed by atoms with E-state index in [2.05, 4.69) is 13.8 Å². The first kappa shape index (κ1) is 76.9.